The van der Waals surface area contributed by atoms with Gasteiger partial charge in [0.15, 0.2) is 5.78 Å². The Morgan fingerprint density at radius 1 is 0.443 bits per heavy atom. The molecule has 341 valence electrons. The molecule has 1 radical (unpaired) electrons. The zero-order chi connectivity index (χ0) is 47.1. The smallest absolute Gasteiger partial charge is 0.155 e. The van der Waals surface area contributed by atoms with Crippen molar-refractivity contribution < 1.29 is 30.0 Å². The summed E-state index contributed by atoms with van der Waals surface area (Å²) in [4.78, 5) is 19.4. The van der Waals surface area contributed by atoms with Crippen molar-refractivity contribution in [2.45, 2.75) is 13.8 Å². The molecule has 0 atom stereocenters. The van der Waals surface area contributed by atoms with E-state index in [1.165, 1.54) is 85.8 Å². The number of ketones is 1. The van der Waals surface area contributed by atoms with Gasteiger partial charge >= 0.3 is 0 Å². The molecule has 8 aromatic carbocycles. The molecular formula is C63H46IrN4O2-2. The van der Waals surface area contributed by atoms with E-state index in [1.54, 1.807) is 0 Å². The predicted octanol–water partition coefficient (Wildman–Crippen LogP) is 15.7. The summed E-state index contributed by atoms with van der Waals surface area (Å²) in [7, 11) is 0. The number of benzene rings is 8. The summed E-state index contributed by atoms with van der Waals surface area (Å²) in [5.74, 6) is -0.0625. The molecule has 0 spiro atoms. The molecule has 12 aromatic rings. The standard InChI is InChI=1S/2C29H19N2.C5H8O2.Ir/c2*1-2-9-21(10-3-1)22-11-8-12-23(19-22)27-20-24(17-18-30-27)31-28-15-6-4-13-25(28)26-14-5-7-16-29(26)31;1-4(6)3-5(2)7;/h2*1-11,13-20H;3,6H,1-2H3;/q2*-1;;/b;;4-3-;. The summed E-state index contributed by atoms with van der Waals surface area (Å²) in [6.07, 6.45) is 4.94. The van der Waals surface area contributed by atoms with E-state index >= 15 is 0 Å². The summed E-state index contributed by atoms with van der Waals surface area (Å²) in [5.41, 5.74) is 15.5. The van der Waals surface area contributed by atoms with Gasteiger partial charge in [-0.2, -0.15) is 0 Å². The molecule has 1 N–H and O–H groups in total. The Kier molecular flexibility index (Phi) is 14.1. The molecule has 0 bridgehead atoms. The fourth-order valence-corrected chi connectivity index (χ4v) is 8.96. The average molecular weight is 1080 g/mol. The summed E-state index contributed by atoms with van der Waals surface area (Å²) >= 11 is 0. The van der Waals surface area contributed by atoms with Crippen molar-refractivity contribution in [2.24, 2.45) is 0 Å². The second-order valence-electron chi connectivity index (χ2n) is 16.6. The van der Waals surface area contributed by atoms with Gasteiger partial charge in [-0.3, -0.25) is 4.79 Å². The molecule has 12 rings (SSSR count). The van der Waals surface area contributed by atoms with E-state index in [1.807, 2.05) is 36.7 Å². The van der Waals surface area contributed by atoms with Gasteiger partial charge in [-0.15, -0.1) is 70.8 Å². The first kappa shape index (κ1) is 46.6. The fraction of sp³-hybridized carbons (Fsp3) is 0.0317. The Labute approximate surface area is 420 Å². The van der Waals surface area contributed by atoms with Crippen LogP contribution in [0.5, 0.6) is 0 Å². The van der Waals surface area contributed by atoms with Gasteiger partial charge in [0.2, 0.25) is 0 Å². The molecule has 70 heavy (non-hydrogen) atoms. The fourth-order valence-electron chi connectivity index (χ4n) is 8.96. The minimum Gasteiger partial charge on any atom is -0.512 e. The van der Waals surface area contributed by atoms with Crippen molar-refractivity contribution in [1.82, 2.24) is 19.1 Å². The van der Waals surface area contributed by atoms with Crippen LogP contribution in [0, 0.1) is 12.1 Å². The van der Waals surface area contributed by atoms with Gasteiger partial charge < -0.3 is 24.2 Å². The maximum Gasteiger partial charge on any atom is 0.155 e. The van der Waals surface area contributed by atoms with Crippen LogP contribution in [0.15, 0.2) is 243 Å². The molecule has 6 nitrogen and oxygen atoms in total. The van der Waals surface area contributed by atoms with Crippen LogP contribution in [-0.4, -0.2) is 30.0 Å². The Morgan fingerprint density at radius 2 is 0.786 bits per heavy atom. The number of aliphatic hydroxyl groups is 1. The monoisotopic (exact) mass is 1080 g/mol. The number of para-hydroxylation sites is 4. The molecule has 4 aromatic heterocycles. The topological polar surface area (TPSA) is 72.9 Å². The summed E-state index contributed by atoms with van der Waals surface area (Å²) in [6.45, 7) is 2.85. The molecule has 0 amide bonds. The van der Waals surface area contributed by atoms with Crippen LogP contribution in [-0.2, 0) is 24.9 Å². The molecule has 0 saturated carbocycles. The van der Waals surface area contributed by atoms with E-state index < -0.39 is 0 Å². The molecule has 4 heterocycles. The number of rotatable bonds is 7. The van der Waals surface area contributed by atoms with Gasteiger partial charge in [0.1, 0.15) is 0 Å². The number of fused-ring (bicyclic) bond motifs is 6. The number of hydrogen-bond acceptors (Lipinski definition) is 4. The minimum absolute atomic E-state index is 0. The van der Waals surface area contributed by atoms with Gasteiger partial charge in [0.05, 0.1) is 27.8 Å². The molecule has 7 heteroatoms. The Balaban J connectivity index is 0.000000151. The molecule has 0 aliphatic heterocycles. The van der Waals surface area contributed by atoms with Gasteiger partial charge in [-0.05, 0) is 72.8 Å². The van der Waals surface area contributed by atoms with Gasteiger partial charge in [-0.1, -0.05) is 146 Å². The maximum absolute atomic E-state index is 10.0. The molecule has 0 unspecified atom stereocenters. The Morgan fingerprint density at radius 3 is 1.11 bits per heavy atom. The first-order valence-electron chi connectivity index (χ1n) is 22.8. The molecular weight excluding hydrogens is 1040 g/mol. The van der Waals surface area contributed by atoms with E-state index in [0.717, 1.165) is 33.9 Å². The number of carbonyl (C=O) groups excluding carboxylic acids is 1. The first-order chi connectivity index (χ1) is 33.9. The van der Waals surface area contributed by atoms with E-state index in [4.69, 9.17) is 5.11 Å². The van der Waals surface area contributed by atoms with Crippen molar-refractivity contribution in [3.63, 3.8) is 0 Å². The van der Waals surface area contributed by atoms with Crippen LogP contribution in [0.25, 0.3) is 99.8 Å². The van der Waals surface area contributed by atoms with E-state index in [-0.39, 0.29) is 31.6 Å². The largest absolute Gasteiger partial charge is 0.512 e. The first-order valence-corrected chi connectivity index (χ1v) is 22.8. The van der Waals surface area contributed by atoms with Crippen LogP contribution in [0.4, 0.5) is 0 Å². The molecule has 0 saturated heterocycles. The third-order valence-corrected chi connectivity index (χ3v) is 11.9. The second kappa shape index (κ2) is 21.2. The van der Waals surface area contributed by atoms with Crippen molar-refractivity contribution in [1.29, 1.82) is 0 Å². The van der Waals surface area contributed by atoms with Crippen molar-refractivity contribution >= 4 is 49.4 Å². The molecule has 0 aliphatic rings. The van der Waals surface area contributed by atoms with Crippen LogP contribution < -0.4 is 0 Å². The average Bonchev–Trinajstić information content (AvgIpc) is 3.93. The van der Waals surface area contributed by atoms with Crippen LogP contribution in [0.2, 0.25) is 0 Å². The number of carbonyl (C=O) groups is 1. The van der Waals surface area contributed by atoms with E-state index in [9.17, 15) is 4.79 Å². The number of aromatic nitrogens is 4. The van der Waals surface area contributed by atoms with Crippen molar-refractivity contribution in [2.75, 3.05) is 0 Å². The van der Waals surface area contributed by atoms with Gasteiger partial charge in [0.25, 0.3) is 0 Å². The van der Waals surface area contributed by atoms with Gasteiger partial charge in [-0.25, -0.2) is 0 Å². The number of allylic oxidation sites excluding steroid dienone is 2. The minimum atomic E-state index is -0.125. The zero-order valence-electron chi connectivity index (χ0n) is 38.5. The van der Waals surface area contributed by atoms with Crippen LogP contribution >= 0.6 is 0 Å². The van der Waals surface area contributed by atoms with E-state index in [2.05, 4.69) is 225 Å². The Bertz CT molecular complexity index is 3450. The summed E-state index contributed by atoms with van der Waals surface area (Å²) in [5, 5.41) is 13.4. The number of hydrogen-bond donors (Lipinski definition) is 1. The normalized spacial score (nSPS) is 11.1. The number of nitrogens with zero attached hydrogens (tertiary/aromatic N) is 4. The summed E-state index contributed by atoms with van der Waals surface area (Å²) in [6, 6.07) is 82.7. The predicted molar refractivity (Wildman–Crippen MR) is 284 cm³/mol. The third-order valence-electron chi connectivity index (χ3n) is 11.9. The maximum atomic E-state index is 10.0. The quantitative estimate of drug-likeness (QED) is 0.0980. The second-order valence-corrected chi connectivity index (χ2v) is 16.6. The zero-order valence-corrected chi connectivity index (χ0v) is 40.9. The van der Waals surface area contributed by atoms with Gasteiger partial charge in [0, 0.05) is 71.5 Å². The SMILES string of the molecule is CC(=O)/C=C(/C)O.[Ir].[c-]1ccc(-c2ccccc2)cc1-c1cc(-n2c3ccccc3c3ccccc32)ccn1.[c-]1ccc(-c2ccccc2)cc1-c1cc(-n2c3ccccc3c3ccccc32)ccn1. The van der Waals surface area contributed by atoms with E-state index in [0.29, 0.717) is 0 Å². The van der Waals surface area contributed by atoms with Crippen LogP contribution in [0.1, 0.15) is 13.8 Å². The summed E-state index contributed by atoms with van der Waals surface area (Å²) < 4.78 is 4.63. The van der Waals surface area contributed by atoms with Crippen LogP contribution in [0.3, 0.4) is 0 Å². The van der Waals surface area contributed by atoms with Crippen molar-refractivity contribution in [3.8, 4) is 56.1 Å². The molecule has 0 aliphatic carbocycles. The third kappa shape index (κ3) is 9.90. The van der Waals surface area contributed by atoms with Crippen molar-refractivity contribution in [3.05, 3.63) is 255 Å². The Hall–Kier alpha value is -8.48. The molecule has 0 fully saturated rings. The number of aliphatic hydroxyl groups excluding tert-OH is 1. The number of pyridine rings is 2.